The first-order chi connectivity index (χ1) is 9.29. The topological polar surface area (TPSA) is 84.2 Å². The summed E-state index contributed by atoms with van der Waals surface area (Å²) in [6.45, 7) is 5.66. The van der Waals surface area contributed by atoms with Gasteiger partial charge in [0.05, 0.1) is 11.3 Å². The van der Waals surface area contributed by atoms with Gasteiger partial charge in [-0.1, -0.05) is 38.8 Å². The molecule has 0 aliphatic rings. The minimum atomic E-state index is -1.05. The van der Waals surface area contributed by atoms with Crippen LogP contribution in [0.3, 0.4) is 0 Å². The first kappa shape index (κ1) is 16.5. The van der Waals surface area contributed by atoms with Gasteiger partial charge in [0.25, 0.3) is 5.91 Å². The fourth-order valence-corrected chi connectivity index (χ4v) is 2.13. The van der Waals surface area contributed by atoms with Crippen LogP contribution < -0.4 is 5.32 Å². The van der Waals surface area contributed by atoms with E-state index in [9.17, 15) is 9.59 Å². The molecule has 1 atom stereocenters. The van der Waals surface area contributed by atoms with E-state index in [4.69, 9.17) is 16.7 Å². The summed E-state index contributed by atoms with van der Waals surface area (Å²) in [7, 11) is 1.64. The summed E-state index contributed by atoms with van der Waals surface area (Å²) < 4.78 is 1.42. The maximum atomic E-state index is 12.3. The highest BCUT2D eigenvalue weighted by molar-refractivity contribution is 6.33. The number of carbonyl (C=O) groups is 2. The summed E-state index contributed by atoms with van der Waals surface area (Å²) in [6.07, 6.45) is 1.03. The summed E-state index contributed by atoms with van der Waals surface area (Å²) in [4.78, 5) is 23.4. The fourth-order valence-electron chi connectivity index (χ4n) is 1.91. The van der Waals surface area contributed by atoms with Crippen LogP contribution in [-0.2, 0) is 11.8 Å². The molecule has 0 saturated heterocycles. The van der Waals surface area contributed by atoms with E-state index in [1.807, 2.05) is 20.8 Å². The van der Waals surface area contributed by atoms with Crippen LogP contribution in [0.5, 0.6) is 0 Å². The number of carboxylic acids is 1. The van der Waals surface area contributed by atoms with Gasteiger partial charge in [0.15, 0.2) is 0 Å². The monoisotopic (exact) mass is 301 g/mol. The number of halogens is 1. The minimum Gasteiger partial charge on any atom is -0.480 e. The smallest absolute Gasteiger partial charge is 0.326 e. The lowest BCUT2D eigenvalue weighted by molar-refractivity contribution is -0.139. The van der Waals surface area contributed by atoms with Crippen molar-refractivity contribution in [3.05, 3.63) is 16.4 Å². The zero-order valence-electron chi connectivity index (χ0n) is 12.1. The van der Waals surface area contributed by atoms with Gasteiger partial charge in [0.2, 0.25) is 0 Å². The van der Waals surface area contributed by atoms with Crippen LogP contribution >= 0.6 is 11.6 Å². The summed E-state index contributed by atoms with van der Waals surface area (Å²) in [5.41, 5.74) is 0.821. The molecule has 0 radical (unpaired) electrons. The number of carboxylic acid groups (broad SMARTS) is 1. The second-order valence-electron chi connectivity index (χ2n) is 4.98. The molecule has 1 aromatic heterocycles. The molecule has 1 amide bonds. The lowest BCUT2D eigenvalue weighted by Gasteiger charge is -2.14. The first-order valence-corrected chi connectivity index (χ1v) is 6.93. The summed E-state index contributed by atoms with van der Waals surface area (Å²) in [6, 6.07) is -0.913. The normalized spacial score (nSPS) is 12.5. The summed E-state index contributed by atoms with van der Waals surface area (Å²) in [5.74, 6) is -1.53. The van der Waals surface area contributed by atoms with Crippen molar-refractivity contribution in [3.8, 4) is 0 Å². The molecule has 7 heteroatoms. The van der Waals surface area contributed by atoms with Crippen LogP contribution in [0.1, 0.15) is 55.6 Å². The van der Waals surface area contributed by atoms with Crippen LogP contribution in [0.15, 0.2) is 0 Å². The van der Waals surface area contributed by atoms with Crippen molar-refractivity contribution >= 4 is 23.5 Å². The zero-order valence-corrected chi connectivity index (χ0v) is 12.9. The lowest BCUT2D eigenvalue weighted by atomic mass is 10.1. The van der Waals surface area contributed by atoms with Crippen LogP contribution in [0.25, 0.3) is 0 Å². The molecular weight excluding hydrogens is 282 g/mol. The van der Waals surface area contributed by atoms with Gasteiger partial charge < -0.3 is 10.4 Å². The highest BCUT2D eigenvalue weighted by Gasteiger charge is 2.27. The van der Waals surface area contributed by atoms with Gasteiger partial charge in [-0.3, -0.25) is 9.48 Å². The molecule has 1 heterocycles. The average Bonchev–Trinajstić information content (AvgIpc) is 2.65. The number of aliphatic carboxylic acids is 1. The average molecular weight is 302 g/mol. The largest absolute Gasteiger partial charge is 0.480 e. The van der Waals surface area contributed by atoms with Crippen molar-refractivity contribution in [2.45, 2.75) is 45.6 Å². The Bertz CT molecular complexity index is 511. The number of amides is 1. The lowest BCUT2D eigenvalue weighted by Crippen LogP contribution is -2.41. The van der Waals surface area contributed by atoms with Crippen molar-refractivity contribution in [3.63, 3.8) is 0 Å². The van der Waals surface area contributed by atoms with E-state index in [0.29, 0.717) is 18.5 Å². The Morgan fingerprint density at radius 3 is 2.50 bits per heavy atom. The van der Waals surface area contributed by atoms with Crippen molar-refractivity contribution < 1.29 is 14.7 Å². The third-order valence-electron chi connectivity index (χ3n) is 2.96. The Morgan fingerprint density at radius 2 is 2.05 bits per heavy atom. The third kappa shape index (κ3) is 3.50. The number of nitrogens with zero attached hydrogens (tertiary/aromatic N) is 2. The van der Waals surface area contributed by atoms with Crippen LogP contribution in [0, 0.1) is 0 Å². The second kappa shape index (κ2) is 6.74. The molecule has 1 rings (SSSR count). The molecule has 1 unspecified atom stereocenters. The number of rotatable bonds is 6. The van der Waals surface area contributed by atoms with Crippen molar-refractivity contribution in [2.24, 2.45) is 7.05 Å². The second-order valence-corrected chi connectivity index (χ2v) is 5.34. The Labute approximate surface area is 123 Å². The van der Waals surface area contributed by atoms with Crippen LogP contribution in [0.2, 0.25) is 5.15 Å². The van der Waals surface area contributed by atoms with Crippen LogP contribution in [0.4, 0.5) is 0 Å². The molecule has 112 valence electrons. The Hall–Kier alpha value is -1.56. The summed E-state index contributed by atoms with van der Waals surface area (Å²) >= 11 is 6.09. The maximum absolute atomic E-state index is 12.3. The highest BCUT2D eigenvalue weighted by atomic mass is 35.5. The Balaban J connectivity index is 3.05. The molecular formula is C13H20ClN3O3. The van der Waals surface area contributed by atoms with E-state index in [0.717, 1.165) is 0 Å². The minimum absolute atomic E-state index is 0.0175. The molecule has 0 bridgehead atoms. The Kier molecular flexibility index (Phi) is 5.56. The molecule has 1 aromatic rings. The van der Waals surface area contributed by atoms with Gasteiger partial charge in [-0.2, -0.15) is 5.10 Å². The van der Waals surface area contributed by atoms with E-state index >= 15 is 0 Å². The molecule has 0 aliphatic heterocycles. The number of carbonyl (C=O) groups excluding carboxylic acids is 1. The number of nitrogens with one attached hydrogen (secondary N) is 1. The molecule has 0 spiro atoms. The van der Waals surface area contributed by atoms with Gasteiger partial charge in [0, 0.05) is 7.05 Å². The number of hydrogen-bond acceptors (Lipinski definition) is 3. The van der Waals surface area contributed by atoms with Gasteiger partial charge >= 0.3 is 5.97 Å². The van der Waals surface area contributed by atoms with Gasteiger partial charge in [-0.25, -0.2) is 4.79 Å². The zero-order chi connectivity index (χ0) is 15.4. The van der Waals surface area contributed by atoms with Gasteiger partial charge in [-0.05, 0) is 12.3 Å². The standard InChI is InChI=1S/C13H20ClN3O3/c1-5-6-8(13(19)20)15-12(18)9-10(7(2)3)16-17(4)11(9)14/h7-8H,5-6H2,1-4H3,(H,15,18)(H,19,20). The number of aryl methyl sites for hydroxylation is 1. The van der Waals surface area contributed by atoms with E-state index in [-0.39, 0.29) is 16.6 Å². The third-order valence-corrected chi connectivity index (χ3v) is 3.39. The van der Waals surface area contributed by atoms with Crippen molar-refractivity contribution in [2.75, 3.05) is 0 Å². The van der Waals surface area contributed by atoms with E-state index in [1.54, 1.807) is 7.05 Å². The Morgan fingerprint density at radius 1 is 1.45 bits per heavy atom. The van der Waals surface area contributed by atoms with Crippen molar-refractivity contribution in [1.82, 2.24) is 15.1 Å². The van der Waals surface area contributed by atoms with Crippen molar-refractivity contribution in [1.29, 1.82) is 0 Å². The van der Waals surface area contributed by atoms with E-state index in [1.165, 1.54) is 4.68 Å². The number of hydrogen-bond donors (Lipinski definition) is 2. The first-order valence-electron chi connectivity index (χ1n) is 6.55. The molecule has 20 heavy (non-hydrogen) atoms. The quantitative estimate of drug-likeness (QED) is 0.843. The fraction of sp³-hybridized carbons (Fsp3) is 0.615. The molecule has 0 aromatic carbocycles. The highest BCUT2D eigenvalue weighted by Crippen LogP contribution is 2.25. The summed E-state index contributed by atoms with van der Waals surface area (Å²) in [5, 5.41) is 16.0. The predicted molar refractivity (Wildman–Crippen MR) is 76.1 cm³/mol. The SMILES string of the molecule is CCCC(NC(=O)c1c(C(C)C)nn(C)c1Cl)C(=O)O. The molecule has 6 nitrogen and oxygen atoms in total. The number of aromatic nitrogens is 2. The van der Waals surface area contributed by atoms with Gasteiger partial charge in [0.1, 0.15) is 11.2 Å². The molecule has 0 aliphatic carbocycles. The molecule has 0 saturated carbocycles. The van der Waals surface area contributed by atoms with Crippen LogP contribution in [-0.4, -0.2) is 32.8 Å². The van der Waals surface area contributed by atoms with E-state index < -0.39 is 17.9 Å². The predicted octanol–water partition coefficient (Wildman–Crippen LogP) is 2.18. The van der Waals surface area contributed by atoms with Gasteiger partial charge in [-0.15, -0.1) is 0 Å². The van der Waals surface area contributed by atoms with E-state index in [2.05, 4.69) is 10.4 Å². The molecule has 2 N–H and O–H groups in total. The maximum Gasteiger partial charge on any atom is 0.326 e. The molecule has 0 fully saturated rings.